The van der Waals surface area contributed by atoms with E-state index in [0.717, 1.165) is 16.9 Å². The summed E-state index contributed by atoms with van der Waals surface area (Å²) >= 11 is 0. The smallest absolute Gasteiger partial charge is 0.216 e. The Balaban J connectivity index is 1.87. The Morgan fingerprint density at radius 3 is 2.33 bits per heavy atom. The molecule has 3 heteroatoms. The Morgan fingerprint density at radius 2 is 1.67 bits per heavy atom. The molecule has 106 valence electrons. The zero-order valence-electron chi connectivity index (χ0n) is 12.0. The van der Waals surface area contributed by atoms with Crippen LogP contribution in [0, 0.1) is 11.8 Å². The number of rotatable bonds is 4. The lowest BCUT2D eigenvalue weighted by atomic mass is 10.2. The van der Waals surface area contributed by atoms with Crippen LogP contribution in [0.4, 0.5) is 11.4 Å². The largest absolute Gasteiger partial charge is 0.356 e. The maximum atomic E-state index is 10.7. The lowest BCUT2D eigenvalue weighted by Gasteiger charge is -2.05. The molecule has 0 bridgehead atoms. The van der Waals surface area contributed by atoms with Crippen LogP contribution in [-0.2, 0) is 4.79 Å². The summed E-state index contributed by atoms with van der Waals surface area (Å²) in [6, 6.07) is 18.0. The molecule has 0 atom stereocenters. The maximum Gasteiger partial charge on any atom is 0.216 e. The summed E-state index contributed by atoms with van der Waals surface area (Å²) in [5.41, 5.74) is 3.06. The van der Waals surface area contributed by atoms with E-state index in [1.54, 1.807) is 0 Å². The second-order valence-corrected chi connectivity index (χ2v) is 4.60. The average Bonchev–Trinajstić information content (AvgIpc) is 2.49. The number of nitrogens with one attached hydrogen (secondary N) is 2. The van der Waals surface area contributed by atoms with Gasteiger partial charge >= 0.3 is 0 Å². The van der Waals surface area contributed by atoms with Crippen LogP contribution in [0.25, 0.3) is 0 Å². The van der Waals surface area contributed by atoms with Gasteiger partial charge in [-0.2, -0.15) is 0 Å². The fourth-order valence-electron chi connectivity index (χ4n) is 1.79. The maximum absolute atomic E-state index is 10.7. The summed E-state index contributed by atoms with van der Waals surface area (Å²) in [7, 11) is 0. The van der Waals surface area contributed by atoms with Gasteiger partial charge in [-0.05, 0) is 36.4 Å². The molecule has 2 aromatic rings. The first-order valence-electron chi connectivity index (χ1n) is 6.89. The van der Waals surface area contributed by atoms with E-state index < -0.39 is 0 Å². The summed E-state index contributed by atoms with van der Waals surface area (Å²) in [6.07, 6.45) is 0.656. The monoisotopic (exact) mass is 278 g/mol. The Labute approximate surface area is 125 Å². The molecular weight excluding hydrogens is 260 g/mol. The molecule has 0 radical (unpaired) electrons. The molecule has 0 spiro atoms. The molecule has 0 aliphatic heterocycles. The van der Waals surface area contributed by atoms with Crippen LogP contribution in [0.2, 0.25) is 0 Å². The highest BCUT2D eigenvalue weighted by atomic mass is 16.1. The molecular formula is C18H18N2O. The minimum Gasteiger partial charge on any atom is -0.356 e. The zero-order valence-corrected chi connectivity index (χ0v) is 12.0. The summed E-state index contributed by atoms with van der Waals surface area (Å²) in [5.74, 6) is 6.10. The van der Waals surface area contributed by atoms with E-state index in [2.05, 4.69) is 22.5 Å². The summed E-state index contributed by atoms with van der Waals surface area (Å²) in [6.45, 7) is 2.10. The van der Waals surface area contributed by atoms with Gasteiger partial charge in [0.05, 0.1) is 0 Å². The van der Waals surface area contributed by atoms with Crippen molar-refractivity contribution in [3.63, 3.8) is 0 Å². The van der Waals surface area contributed by atoms with Crippen molar-refractivity contribution in [3.8, 4) is 11.8 Å². The van der Waals surface area contributed by atoms with Crippen LogP contribution < -0.4 is 10.6 Å². The third-order valence-corrected chi connectivity index (χ3v) is 2.80. The lowest BCUT2D eigenvalue weighted by Crippen LogP contribution is -2.20. The molecule has 2 rings (SSSR count). The van der Waals surface area contributed by atoms with E-state index in [4.69, 9.17) is 0 Å². The molecule has 0 saturated carbocycles. The van der Waals surface area contributed by atoms with Crippen molar-refractivity contribution in [2.45, 2.75) is 13.3 Å². The van der Waals surface area contributed by atoms with Crippen molar-refractivity contribution in [3.05, 3.63) is 60.2 Å². The lowest BCUT2D eigenvalue weighted by molar-refractivity contribution is -0.118. The number of hydrogen-bond acceptors (Lipinski definition) is 2. The number of carbonyl (C=O) groups excluding carboxylic acids is 1. The molecule has 0 heterocycles. The molecule has 0 fully saturated rings. The fourth-order valence-corrected chi connectivity index (χ4v) is 1.79. The normalized spacial score (nSPS) is 9.38. The predicted octanol–water partition coefficient (Wildman–Crippen LogP) is 3.31. The zero-order chi connectivity index (χ0) is 14.9. The standard InChI is InChI=1S/C18H18N2O/c1-15(21)19-14-6-5-7-16-10-12-18(13-11-16)20-17-8-3-2-4-9-17/h2-4,8-13,20H,6,14H2,1H3,(H,19,21). The van der Waals surface area contributed by atoms with Gasteiger partial charge < -0.3 is 10.6 Å². The van der Waals surface area contributed by atoms with Crippen molar-refractivity contribution in [1.29, 1.82) is 0 Å². The van der Waals surface area contributed by atoms with Crippen LogP contribution in [0.5, 0.6) is 0 Å². The summed E-state index contributed by atoms with van der Waals surface area (Å²) in [4.78, 5) is 10.7. The highest BCUT2D eigenvalue weighted by Gasteiger charge is 1.93. The average molecular weight is 278 g/mol. The van der Waals surface area contributed by atoms with Crippen LogP contribution in [0.3, 0.4) is 0 Å². The SMILES string of the molecule is CC(=O)NCCC#Cc1ccc(Nc2ccccc2)cc1. The highest BCUT2D eigenvalue weighted by Crippen LogP contribution is 2.16. The Hall–Kier alpha value is -2.73. The Morgan fingerprint density at radius 1 is 1.00 bits per heavy atom. The summed E-state index contributed by atoms with van der Waals surface area (Å²) < 4.78 is 0. The Bertz CT molecular complexity index is 636. The van der Waals surface area contributed by atoms with Crippen LogP contribution >= 0.6 is 0 Å². The van der Waals surface area contributed by atoms with E-state index >= 15 is 0 Å². The van der Waals surface area contributed by atoms with E-state index in [1.165, 1.54) is 6.92 Å². The number of benzene rings is 2. The molecule has 0 aliphatic carbocycles. The number of amides is 1. The fraction of sp³-hybridized carbons (Fsp3) is 0.167. The molecule has 0 unspecified atom stereocenters. The predicted molar refractivity (Wildman–Crippen MR) is 86.3 cm³/mol. The van der Waals surface area contributed by atoms with Crippen molar-refractivity contribution < 1.29 is 4.79 Å². The first-order chi connectivity index (χ1) is 10.2. The number of carbonyl (C=O) groups is 1. The molecule has 21 heavy (non-hydrogen) atoms. The van der Waals surface area contributed by atoms with Gasteiger partial charge in [0.15, 0.2) is 0 Å². The first-order valence-corrected chi connectivity index (χ1v) is 6.89. The molecule has 0 aromatic heterocycles. The Kier molecular flexibility index (Phi) is 5.42. The van der Waals surface area contributed by atoms with Gasteiger partial charge in [0.2, 0.25) is 5.91 Å². The van der Waals surface area contributed by atoms with Gasteiger partial charge in [-0.3, -0.25) is 4.79 Å². The van der Waals surface area contributed by atoms with Gasteiger partial charge in [0.1, 0.15) is 0 Å². The molecule has 3 nitrogen and oxygen atoms in total. The van der Waals surface area contributed by atoms with Gasteiger partial charge in [0.25, 0.3) is 0 Å². The van der Waals surface area contributed by atoms with Gasteiger partial charge in [-0.25, -0.2) is 0 Å². The van der Waals surface area contributed by atoms with Crippen LogP contribution in [0.15, 0.2) is 54.6 Å². The number of hydrogen-bond donors (Lipinski definition) is 2. The van der Waals surface area contributed by atoms with Crippen molar-refractivity contribution >= 4 is 17.3 Å². The topological polar surface area (TPSA) is 41.1 Å². The van der Waals surface area contributed by atoms with E-state index in [1.807, 2.05) is 54.6 Å². The first kappa shape index (κ1) is 14.7. The molecule has 1 amide bonds. The third-order valence-electron chi connectivity index (χ3n) is 2.80. The quantitative estimate of drug-likeness (QED) is 0.665. The second kappa shape index (κ2) is 7.76. The molecule has 0 saturated heterocycles. The molecule has 2 aromatic carbocycles. The molecule has 0 aliphatic rings. The molecule has 2 N–H and O–H groups in total. The van der Waals surface area contributed by atoms with Crippen molar-refractivity contribution in [1.82, 2.24) is 5.32 Å². The van der Waals surface area contributed by atoms with Gasteiger partial charge in [-0.15, -0.1) is 0 Å². The second-order valence-electron chi connectivity index (χ2n) is 4.60. The van der Waals surface area contributed by atoms with E-state index in [-0.39, 0.29) is 5.91 Å². The van der Waals surface area contributed by atoms with E-state index in [0.29, 0.717) is 13.0 Å². The van der Waals surface area contributed by atoms with Crippen molar-refractivity contribution in [2.75, 3.05) is 11.9 Å². The summed E-state index contributed by atoms with van der Waals surface area (Å²) in [5, 5.41) is 6.04. The number of para-hydroxylation sites is 1. The van der Waals surface area contributed by atoms with Crippen LogP contribution in [-0.4, -0.2) is 12.5 Å². The van der Waals surface area contributed by atoms with Crippen molar-refractivity contribution in [2.24, 2.45) is 0 Å². The highest BCUT2D eigenvalue weighted by molar-refractivity contribution is 5.72. The van der Waals surface area contributed by atoms with Crippen LogP contribution in [0.1, 0.15) is 18.9 Å². The van der Waals surface area contributed by atoms with Gasteiger partial charge in [-0.1, -0.05) is 30.0 Å². The minimum atomic E-state index is -0.0202. The van der Waals surface area contributed by atoms with E-state index in [9.17, 15) is 4.79 Å². The third kappa shape index (κ3) is 5.42. The minimum absolute atomic E-state index is 0.0202. The number of anilines is 2. The van der Waals surface area contributed by atoms with Gasteiger partial charge in [0, 0.05) is 36.8 Å².